The van der Waals surface area contributed by atoms with Crippen LogP contribution in [0.5, 0.6) is 0 Å². The first-order valence-electron chi connectivity index (χ1n) is 4.39. The molecule has 0 N–H and O–H groups in total. The molecule has 0 bridgehead atoms. The lowest BCUT2D eigenvalue weighted by atomic mass is 9.99. The van der Waals surface area contributed by atoms with Gasteiger partial charge < -0.3 is 9.47 Å². The second-order valence-electron chi connectivity index (χ2n) is 2.91. The molecule has 0 aliphatic carbocycles. The highest BCUT2D eigenvalue weighted by molar-refractivity contribution is 5.95. The molecule has 0 atom stereocenters. The van der Waals surface area contributed by atoms with Crippen LogP contribution in [0.25, 0.3) is 0 Å². The van der Waals surface area contributed by atoms with E-state index in [1.165, 1.54) is 14.2 Å². The van der Waals surface area contributed by atoms with E-state index >= 15 is 0 Å². The predicted octanol–water partition coefficient (Wildman–Crippen LogP) is 1.30. The SMILES string of the molecule is C=C(CC)CC(C(=O)OC)C(=O)OC. The largest absolute Gasteiger partial charge is 0.468 e. The smallest absolute Gasteiger partial charge is 0.320 e. The van der Waals surface area contributed by atoms with E-state index in [9.17, 15) is 9.59 Å². The molecule has 0 spiro atoms. The van der Waals surface area contributed by atoms with Gasteiger partial charge >= 0.3 is 11.9 Å². The predicted molar refractivity (Wildman–Crippen MR) is 51.6 cm³/mol. The summed E-state index contributed by atoms with van der Waals surface area (Å²) >= 11 is 0. The Bertz CT molecular complexity index is 216. The Labute approximate surface area is 83.9 Å². The first-order valence-corrected chi connectivity index (χ1v) is 4.39. The lowest BCUT2D eigenvalue weighted by molar-refractivity contribution is -0.158. The van der Waals surface area contributed by atoms with Crippen LogP contribution >= 0.6 is 0 Å². The van der Waals surface area contributed by atoms with Crippen molar-refractivity contribution in [2.75, 3.05) is 14.2 Å². The molecule has 0 aromatic rings. The molecule has 0 amide bonds. The van der Waals surface area contributed by atoms with Crippen molar-refractivity contribution in [3.8, 4) is 0 Å². The number of esters is 2. The van der Waals surface area contributed by atoms with Gasteiger partial charge in [0.2, 0.25) is 0 Å². The summed E-state index contributed by atoms with van der Waals surface area (Å²) in [5.41, 5.74) is 0.825. The molecule has 4 nitrogen and oxygen atoms in total. The van der Waals surface area contributed by atoms with E-state index in [1.54, 1.807) is 0 Å². The maximum absolute atomic E-state index is 11.2. The van der Waals surface area contributed by atoms with Crippen molar-refractivity contribution >= 4 is 11.9 Å². The highest BCUT2D eigenvalue weighted by Crippen LogP contribution is 2.15. The zero-order chi connectivity index (χ0) is 11.1. The van der Waals surface area contributed by atoms with Crippen molar-refractivity contribution in [2.24, 2.45) is 5.92 Å². The summed E-state index contributed by atoms with van der Waals surface area (Å²) in [5.74, 6) is -2.03. The second kappa shape index (κ2) is 6.18. The van der Waals surface area contributed by atoms with Gasteiger partial charge in [0.1, 0.15) is 0 Å². The zero-order valence-corrected chi connectivity index (χ0v) is 8.83. The molecule has 80 valence electrons. The fourth-order valence-corrected chi connectivity index (χ4v) is 0.980. The van der Waals surface area contributed by atoms with Gasteiger partial charge in [0.05, 0.1) is 14.2 Å². The molecular weight excluding hydrogens is 184 g/mol. The summed E-state index contributed by atoms with van der Waals surface area (Å²) in [6, 6.07) is 0. The maximum atomic E-state index is 11.2. The van der Waals surface area contributed by atoms with Crippen LogP contribution in [-0.4, -0.2) is 26.2 Å². The third-order valence-electron chi connectivity index (χ3n) is 1.96. The van der Waals surface area contributed by atoms with Gasteiger partial charge in [-0.05, 0) is 12.8 Å². The second-order valence-corrected chi connectivity index (χ2v) is 2.91. The first kappa shape index (κ1) is 12.7. The van der Waals surface area contributed by atoms with Gasteiger partial charge in [0.25, 0.3) is 0 Å². The van der Waals surface area contributed by atoms with Gasteiger partial charge in [-0.25, -0.2) is 0 Å². The molecule has 0 fully saturated rings. The Morgan fingerprint density at radius 3 is 1.93 bits per heavy atom. The molecule has 4 heteroatoms. The fourth-order valence-electron chi connectivity index (χ4n) is 0.980. The van der Waals surface area contributed by atoms with Gasteiger partial charge in [-0.3, -0.25) is 9.59 Å². The van der Waals surface area contributed by atoms with Crippen LogP contribution in [0.2, 0.25) is 0 Å². The molecule has 0 aromatic carbocycles. The summed E-state index contributed by atoms with van der Waals surface area (Å²) in [4.78, 5) is 22.4. The van der Waals surface area contributed by atoms with Crippen LogP contribution in [0.1, 0.15) is 19.8 Å². The lowest BCUT2D eigenvalue weighted by Gasteiger charge is -2.12. The number of allylic oxidation sites excluding steroid dienone is 1. The highest BCUT2D eigenvalue weighted by Gasteiger charge is 2.28. The summed E-state index contributed by atoms with van der Waals surface area (Å²) in [6.45, 7) is 5.64. The Balaban J connectivity index is 4.48. The Hall–Kier alpha value is -1.32. The van der Waals surface area contributed by atoms with E-state index in [4.69, 9.17) is 0 Å². The molecule has 0 radical (unpaired) electrons. The molecule has 0 saturated carbocycles. The van der Waals surface area contributed by atoms with Gasteiger partial charge in [-0.2, -0.15) is 0 Å². The lowest BCUT2D eigenvalue weighted by Crippen LogP contribution is -2.26. The molecule has 0 heterocycles. The van der Waals surface area contributed by atoms with Crippen molar-refractivity contribution in [2.45, 2.75) is 19.8 Å². The summed E-state index contributed by atoms with van der Waals surface area (Å²) in [6.07, 6.45) is 1.01. The standard InChI is InChI=1S/C10H16O4/c1-5-7(2)6-8(9(11)13-3)10(12)14-4/h8H,2,5-6H2,1,3-4H3. The number of rotatable bonds is 5. The van der Waals surface area contributed by atoms with E-state index in [2.05, 4.69) is 16.1 Å². The zero-order valence-electron chi connectivity index (χ0n) is 8.83. The monoisotopic (exact) mass is 200 g/mol. The molecule has 0 saturated heterocycles. The highest BCUT2D eigenvalue weighted by atomic mass is 16.5. The summed E-state index contributed by atoms with van der Waals surface area (Å²) in [5, 5.41) is 0. The van der Waals surface area contributed by atoms with E-state index in [0.29, 0.717) is 0 Å². The van der Waals surface area contributed by atoms with Gasteiger partial charge in [-0.15, -0.1) is 0 Å². The average Bonchev–Trinajstić information content (AvgIpc) is 2.23. The molecule has 0 aromatic heterocycles. The third-order valence-corrected chi connectivity index (χ3v) is 1.96. The van der Waals surface area contributed by atoms with Crippen LogP contribution in [-0.2, 0) is 19.1 Å². The Morgan fingerprint density at radius 1 is 1.21 bits per heavy atom. The topological polar surface area (TPSA) is 52.6 Å². The van der Waals surface area contributed by atoms with Crippen LogP contribution in [0.4, 0.5) is 0 Å². The third kappa shape index (κ3) is 3.60. The first-order chi connectivity index (χ1) is 6.56. The number of hydrogen-bond acceptors (Lipinski definition) is 4. The number of carbonyl (C=O) groups is 2. The van der Waals surface area contributed by atoms with Gasteiger partial charge in [0.15, 0.2) is 5.92 Å². The van der Waals surface area contributed by atoms with Crippen LogP contribution < -0.4 is 0 Å². The van der Waals surface area contributed by atoms with Crippen molar-refractivity contribution in [3.63, 3.8) is 0 Å². The number of hydrogen-bond donors (Lipinski definition) is 0. The minimum atomic E-state index is -0.877. The van der Waals surface area contributed by atoms with Gasteiger partial charge in [0, 0.05) is 0 Å². The molecule has 0 aliphatic heterocycles. The van der Waals surface area contributed by atoms with Crippen molar-refractivity contribution in [1.82, 2.24) is 0 Å². The fraction of sp³-hybridized carbons (Fsp3) is 0.600. The maximum Gasteiger partial charge on any atom is 0.320 e. The molecule has 14 heavy (non-hydrogen) atoms. The quantitative estimate of drug-likeness (QED) is 0.381. The molecule has 0 unspecified atom stereocenters. The van der Waals surface area contributed by atoms with Crippen molar-refractivity contribution in [3.05, 3.63) is 12.2 Å². The van der Waals surface area contributed by atoms with E-state index < -0.39 is 17.9 Å². The Kier molecular flexibility index (Phi) is 5.60. The number of ether oxygens (including phenoxy) is 2. The van der Waals surface area contributed by atoms with Crippen molar-refractivity contribution in [1.29, 1.82) is 0 Å². The minimum Gasteiger partial charge on any atom is -0.468 e. The van der Waals surface area contributed by atoms with Gasteiger partial charge in [-0.1, -0.05) is 19.1 Å². The van der Waals surface area contributed by atoms with E-state index in [0.717, 1.165) is 12.0 Å². The van der Waals surface area contributed by atoms with Crippen molar-refractivity contribution < 1.29 is 19.1 Å². The molecule has 0 aliphatic rings. The normalized spacial score (nSPS) is 9.71. The minimum absolute atomic E-state index is 0.288. The molecule has 0 rings (SSSR count). The summed E-state index contributed by atoms with van der Waals surface area (Å²) < 4.78 is 9.00. The van der Waals surface area contributed by atoms with Crippen LogP contribution in [0.3, 0.4) is 0 Å². The van der Waals surface area contributed by atoms with Crippen LogP contribution in [0.15, 0.2) is 12.2 Å². The summed E-state index contributed by atoms with van der Waals surface area (Å²) in [7, 11) is 2.49. The van der Waals surface area contributed by atoms with E-state index in [-0.39, 0.29) is 6.42 Å². The number of carbonyl (C=O) groups excluding carboxylic acids is 2. The van der Waals surface area contributed by atoms with Crippen LogP contribution in [0, 0.1) is 5.92 Å². The average molecular weight is 200 g/mol. The molecular formula is C10H16O4. The Morgan fingerprint density at radius 2 is 1.64 bits per heavy atom. The number of methoxy groups -OCH3 is 2. The van der Waals surface area contributed by atoms with E-state index in [1.807, 2.05) is 6.92 Å².